The number of carbonyl (C=O) groups excluding carboxylic acids is 2. The first-order chi connectivity index (χ1) is 17.2. The number of nitrogens with zero attached hydrogens (tertiary/aromatic N) is 4. The Hall–Kier alpha value is -3.27. The fraction of sp³-hybridized carbons (Fsp3) is 0.500. The molecule has 0 aromatic carbocycles. The van der Waals surface area contributed by atoms with Crippen molar-refractivity contribution in [1.82, 2.24) is 19.3 Å². The maximum Gasteiger partial charge on any atom is 0.341 e. The highest BCUT2D eigenvalue weighted by Crippen LogP contribution is 2.38. The molecule has 0 spiro atoms. The van der Waals surface area contributed by atoms with E-state index in [1.54, 1.807) is 18.5 Å². The predicted octanol–water partition coefficient (Wildman–Crippen LogP) is 4.06. The molecule has 3 heterocycles. The lowest BCUT2D eigenvalue weighted by atomic mass is 10.1. The monoisotopic (exact) mass is 511 g/mol. The Balaban J connectivity index is 1.72. The summed E-state index contributed by atoms with van der Waals surface area (Å²) in [5.74, 6) is -0.532. The van der Waals surface area contributed by atoms with Gasteiger partial charge in [-0.1, -0.05) is 13.3 Å². The molecule has 0 saturated carbocycles. The van der Waals surface area contributed by atoms with Crippen molar-refractivity contribution < 1.29 is 14.3 Å². The molecule has 1 amide bonds. The van der Waals surface area contributed by atoms with E-state index < -0.39 is 11.9 Å². The largest absolute Gasteiger partial charge is 0.462 e. The lowest BCUT2D eigenvalue weighted by molar-refractivity contribution is -0.116. The summed E-state index contributed by atoms with van der Waals surface area (Å²) in [6.45, 7) is 9.20. The molecule has 4 rings (SSSR count). The van der Waals surface area contributed by atoms with Crippen LogP contribution < -0.4 is 10.9 Å². The fourth-order valence-electron chi connectivity index (χ4n) is 4.79. The molecular weight excluding hydrogens is 478 g/mol. The number of thiophene rings is 1. The van der Waals surface area contributed by atoms with E-state index in [1.807, 2.05) is 26.8 Å². The fourth-order valence-corrected chi connectivity index (χ4v) is 6.08. The lowest BCUT2D eigenvalue weighted by Gasteiger charge is -2.16. The van der Waals surface area contributed by atoms with E-state index in [-0.39, 0.29) is 18.7 Å². The van der Waals surface area contributed by atoms with Gasteiger partial charge in [0.05, 0.1) is 23.6 Å². The number of aromatic nitrogens is 4. The summed E-state index contributed by atoms with van der Waals surface area (Å²) >= 11 is 1.44. The molecule has 1 aliphatic carbocycles. The summed E-state index contributed by atoms with van der Waals surface area (Å²) in [6, 6.07) is 1.89. The van der Waals surface area contributed by atoms with E-state index >= 15 is 0 Å². The van der Waals surface area contributed by atoms with Crippen LogP contribution in [0.3, 0.4) is 0 Å². The zero-order chi connectivity index (χ0) is 26.0. The molecule has 0 fully saturated rings. The number of nitrogens with one attached hydrogen (secondary N) is 1. The van der Waals surface area contributed by atoms with Gasteiger partial charge in [0, 0.05) is 16.1 Å². The Morgan fingerprint density at radius 2 is 1.89 bits per heavy atom. The molecule has 0 atom stereocenters. The van der Waals surface area contributed by atoms with E-state index in [0.717, 1.165) is 53.9 Å². The highest BCUT2D eigenvalue weighted by Gasteiger charge is 2.27. The maximum atomic E-state index is 13.4. The number of hydrogen-bond acceptors (Lipinski definition) is 7. The third kappa shape index (κ3) is 5.00. The van der Waals surface area contributed by atoms with Gasteiger partial charge in [-0.2, -0.15) is 5.10 Å². The van der Waals surface area contributed by atoms with Crippen molar-refractivity contribution in [2.24, 2.45) is 0 Å². The Labute approximate surface area is 214 Å². The summed E-state index contributed by atoms with van der Waals surface area (Å²) in [5.41, 5.74) is 3.94. The van der Waals surface area contributed by atoms with Crippen molar-refractivity contribution >= 4 is 28.2 Å². The number of rotatable bonds is 7. The third-order valence-electron chi connectivity index (χ3n) is 6.46. The van der Waals surface area contributed by atoms with E-state index in [4.69, 9.17) is 4.74 Å². The van der Waals surface area contributed by atoms with Crippen LogP contribution in [0.5, 0.6) is 0 Å². The lowest BCUT2D eigenvalue weighted by Crippen LogP contribution is -2.34. The molecule has 10 heteroatoms. The Morgan fingerprint density at radius 1 is 1.14 bits per heavy atom. The van der Waals surface area contributed by atoms with E-state index in [1.165, 1.54) is 15.9 Å². The van der Waals surface area contributed by atoms with E-state index in [0.29, 0.717) is 34.2 Å². The first kappa shape index (κ1) is 25.8. The predicted molar refractivity (Wildman–Crippen MR) is 139 cm³/mol. The maximum absolute atomic E-state index is 13.4. The van der Waals surface area contributed by atoms with Gasteiger partial charge in [0.2, 0.25) is 11.9 Å². The van der Waals surface area contributed by atoms with Crippen LogP contribution in [-0.2, 0) is 35.3 Å². The molecule has 1 N–H and O–H groups in total. The highest BCUT2D eigenvalue weighted by molar-refractivity contribution is 7.17. The van der Waals surface area contributed by atoms with E-state index in [9.17, 15) is 14.4 Å². The second kappa shape index (κ2) is 10.8. The quantitative estimate of drug-likeness (QED) is 0.379. The SMILES string of the molecule is CCOC(=O)c1c(NC(=O)Cn2c(-n3nc(C)cc3C)nc(C)c(CC)c2=O)sc2c1CCCCC2. The topological polar surface area (TPSA) is 108 Å². The van der Waals surface area contributed by atoms with Crippen LogP contribution in [0.2, 0.25) is 0 Å². The molecule has 0 unspecified atom stereocenters. The van der Waals surface area contributed by atoms with Crippen molar-refractivity contribution in [3.8, 4) is 5.95 Å². The van der Waals surface area contributed by atoms with Crippen molar-refractivity contribution in [3.05, 3.63) is 55.1 Å². The number of fused-ring (bicyclic) bond motifs is 1. The minimum atomic E-state index is -0.419. The molecule has 0 bridgehead atoms. The third-order valence-corrected chi connectivity index (χ3v) is 7.66. The van der Waals surface area contributed by atoms with Gasteiger partial charge in [-0.3, -0.25) is 14.2 Å². The van der Waals surface area contributed by atoms with Crippen molar-refractivity contribution in [1.29, 1.82) is 0 Å². The zero-order valence-electron chi connectivity index (χ0n) is 21.6. The number of carbonyl (C=O) groups is 2. The van der Waals surface area contributed by atoms with Crippen LogP contribution in [0.1, 0.15) is 76.6 Å². The summed E-state index contributed by atoms with van der Waals surface area (Å²) in [4.78, 5) is 45.4. The molecule has 9 nitrogen and oxygen atoms in total. The highest BCUT2D eigenvalue weighted by atomic mass is 32.1. The van der Waals surface area contributed by atoms with Gasteiger partial charge in [0.1, 0.15) is 11.5 Å². The molecule has 0 aliphatic heterocycles. The second-order valence-electron chi connectivity index (χ2n) is 9.10. The Morgan fingerprint density at radius 3 is 2.56 bits per heavy atom. The van der Waals surface area contributed by atoms with Crippen LogP contribution in [0, 0.1) is 20.8 Å². The normalized spacial score (nSPS) is 13.2. The van der Waals surface area contributed by atoms with Gasteiger partial charge in [-0.05, 0) is 71.4 Å². The number of amides is 1. The Kier molecular flexibility index (Phi) is 7.73. The number of aryl methyl sites for hydroxylation is 4. The van der Waals surface area contributed by atoms with Crippen molar-refractivity contribution in [2.75, 3.05) is 11.9 Å². The summed E-state index contributed by atoms with van der Waals surface area (Å²) in [6.07, 6.45) is 5.34. The van der Waals surface area contributed by atoms with Crippen molar-refractivity contribution in [3.63, 3.8) is 0 Å². The molecular formula is C26H33N5O4S. The summed E-state index contributed by atoms with van der Waals surface area (Å²) in [7, 11) is 0. The molecule has 0 radical (unpaired) electrons. The number of esters is 1. The minimum Gasteiger partial charge on any atom is -0.462 e. The molecule has 36 heavy (non-hydrogen) atoms. The number of ether oxygens (including phenoxy) is 1. The second-order valence-corrected chi connectivity index (χ2v) is 10.2. The Bertz CT molecular complexity index is 1370. The van der Waals surface area contributed by atoms with Gasteiger partial charge >= 0.3 is 5.97 Å². The van der Waals surface area contributed by atoms with Gasteiger partial charge in [-0.15, -0.1) is 11.3 Å². The standard InChI is InChI=1S/C26H33N5O4S/c1-6-18-17(5)27-26(31-16(4)13-15(3)29-31)30(24(18)33)14-21(32)28-23-22(25(34)35-7-2)19-11-9-8-10-12-20(19)36-23/h13H,6-12,14H2,1-5H3,(H,28,32). The van der Waals surface area contributed by atoms with Gasteiger partial charge < -0.3 is 10.1 Å². The van der Waals surface area contributed by atoms with Crippen LogP contribution in [0.25, 0.3) is 5.95 Å². The molecule has 3 aromatic heterocycles. The minimum absolute atomic E-state index is 0.252. The first-order valence-electron chi connectivity index (χ1n) is 12.5. The van der Waals surface area contributed by atoms with Crippen LogP contribution in [0.15, 0.2) is 10.9 Å². The average Bonchev–Trinajstić information content (AvgIpc) is 3.24. The summed E-state index contributed by atoms with van der Waals surface area (Å²) in [5, 5.41) is 7.89. The zero-order valence-corrected chi connectivity index (χ0v) is 22.4. The van der Waals surface area contributed by atoms with Crippen LogP contribution in [-0.4, -0.2) is 37.8 Å². The smallest absolute Gasteiger partial charge is 0.341 e. The van der Waals surface area contributed by atoms with Gasteiger partial charge in [0.25, 0.3) is 5.56 Å². The summed E-state index contributed by atoms with van der Waals surface area (Å²) < 4.78 is 8.28. The van der Waals surface area contributed by atoms with Crippen molar-refractivity contribution in [2.45, 2.75) is 79.7 Å². The van der Waals surface area contributed by atoms with Gasteiger partial charge in [0.15, 0.2) is 0 Å². The molecule has 0 saturated heterocycles. The van der Waals surface area contributed by atoms with Crippen LogP contribution in [0.4, 0.5) is 5.00 Å². The number of hydrogen-bond donors (Lipinski definition) is 1. The molecule has 1 aliphatic rings. The first-order valence-corrected chi connectivity index (χ1v) is 13.3. The van der Waals surface area contributed by atoms with Gasteiger partial charge in [-0.25, -0.2) is 14.5 Å². The van der Waals surface area contributed by atoms with E-state index in [2.05, 4.69) is 15.4 Å². The average molecular weight is 512 g/mol. The number of anilines is 1. The molecule has 192 valence electrons. The molecule has 3 aromatic rings. The van der Waals surface area contributed by atoms with Crippen LogP contribution >= 0.6 is 11.3 Å².